The van der Waals surface area contributed by atoms with Gasteiger partial charge in [0.1, 0.15) is 0 Å². The Hall–Kier alpha value is -1.50. The fraction of sp³-hybridized carbons (Fsp3) is 0.706. The summed E-state index contributed by atoms with van der Waals surface area (Å²) in [6, 6.07) is 0. The highest BCUT2D eigenvalue weighted by molar-refractivity contribution is 5.38. The molecular formula is C34H58O. The van der Waals surface area contributed by atoms with Gasteiger partial charge in [-0.2, -0.15) is 0 Å². The fourth-order valence-corrected chi connectivity index (χ4v) is 4.52. The number of rotatable bonds is 18. The van der Waals surface area contributed by atoms with Crippen LogP contribution >= 0.6 is 0 Å². The lowest BCUT2D eigenvalue weighted by Crippen LogP contribution is -2.18. The van der Waals surface area contributed by atoms with Crippen molar-refractivity contribution in [2.75, 3.05) is 0 Å². The maximum atomic E-state index is 10.5. The Morgan fingerprint density at radius 2 is 1.60 bits per heavy atom. The second-order valence-electron chi connectivity index (χ2n) is 11.8. The zero-order valence-electron chi connectivity index (χ0n) is 24.5. The maximum absolute atomic E-state index is 10.5. The summed E-state index contributed by atoms with van der Waals surface area (Å²) in [5.74, 6) is 1.15. The van der Waals surface area contributed by atoms with E-state index in [0.29, 0.717) is 18.1 Å². The van der Waals surface area contributed by atoms with Crippen LogP contribution in [0.5, 0.6) is 0 Å². The van der Waals surface area contributed by atoms with Crippen molar-refractivity contribution in [3.63, 3.8) is 0 Å². The Morgan fingerprint density at radius 3 is 2.23 bits per heavy atom. The van der Waals surface area contributed by atoms with Gasteiger partial charge >= 0.3 is 0 Å². The van der Waals surface area contributed by atoms with Gasteiger partial charge in [0.05, 0.1) is 5.76 Å². The molecule has 1 N–H and O–H groups in total. The van der Waals surface area contributed by atoms with Crippen molar-refractivity contribution in [3.05, 3.63) is 58.4 Å². The van der Waals surface area contributed by atoms with Crippen molar-refractivity contribution >= 4 is 0 Å². The molecule has 1 heteroatoms. The summed E-state index contributed by atoms with van der Waals surface area (Å²) in [6.45, 7) is 16.3. The predicted molar refractivity (Wildman–Crippen MR) is 158 cm³/mol. The van der Waals surface area contributed by atoms with Crippen LogP contribution in [0.15, 0.2) is 58.4 Å². The zero-order valence-corrected chi connectivity index (χ0v) is 24.5. The molecule has 0 spiro atoms. The molecule has 0 aromatic carbocycles. The molecule has 0 amide bonds. The second-order valence-corrected chi connectivity index (χ2v) is 11.8. The summed E-state index contributed by atoms with van der Waals surface area (Å²) in [4.78, 5) is 0. The first-order chi connectivity index (χ1) is 16.7. The van der Waals surface area contributed by atoms with Crippen LogP contribution in [0, 0.1) is 11.3 Å². The first-order valence-corrected chi connectivity index (χ1v) is 14.9. The third-order valence-corrected chi connectivity index (χ3v) is 7.94. The van der Waals surface area contributed by atoms with Gasteiger partial charge in [0, 0.05) is 6.42 Å². The number of aliphatic hydroxyl groups excluding tert-OH is 1. The Balaban J connectivity index is 3.06. The third-order valence-electron chi connectivity index (χ3n) is 7.94. The van der Waals surface area contributed by atoms with Gasteiger partial charge in [-0.1, -0.05) is 129 Å². The van der Waals surface area contributed by atoms with Crippen LogP contribution in [0.25, 0.3) is 0 Å². The quantitative estimate of drug-likeness (QED) is 0.152. The minimum absolute atomic E-state index is 0.288. The molecule has 35 heavy (non-hydrogen) atoms. The first kappa shape index (κ1) is 31.5. The molecule has 0 aromatic heterocycles. The molecule has 0 unspecified atom stereocenters. The fourth-order valence-electron chi connectivity index (χ4n) is 4.52. The SMILES string of the molecule is CCCCCCCC1=CC=C(O)CC(CC(=C/CC(C)(C)C(C)C)/C=C(\CC)CCCCCC)=C1. The normalized spacial score (nSPS) is 15.7. The molecule has 1 aliphatic carbocycles. The number of aliphatic hydroxyl groups is 1. The highest BCUT2D eigenvalue weighted by atomic mass is 16.3. The molecular weight excluding hydrogens is 424 g/mol. The van der Waals surface area contributed by atoms with Gasteiger partial charge in [-0.05, 0) is 73.5 Å². The zero-order chi connectivity index (χ0) is 26.1. The smallest absolute Gasteiger partial charge is 0.0963 e. The lowest BCUT2D eigenvalue weighted by atomic mass is 9.77. The van der Waals surface area contributed by atoms with Gasteiger partial charge < -0.3 is 5.11 Å². The Bertz CT molecular complexity index is 739. The number of allylic oxidation sites excluding steroid dienone is 9. The van der Waals surface area contributed by atoms with Crippen molar-refractivity contribution in [2.24, 2.45) is 11.3 Å². The molecule has 0 saturated carbocycles. The number of hydrogen-bond donors (Lipinski definition) is 1. The molecule has 0 saturated heterocycles. The van der Waals surface area contributed by atoms with Crippen LogP contribution in [0.1, 0.15) is 145 Å². The molecule has 0 radical (unpaired) electrons. The van der Waals surface area contributed by atoms with Gasteiger partial charge in [-0.25, -0.2) is 0 Å². The van der Waals surface area contributed by atoms with Gasteiger partial charge in [0.2, 0.25) is 0 Å². The van der Waals surface area contributed by atoms with E-state index in [1.807, 2.05) is 6.08 Å². The molecule has 0 aromatic rings. The molecule has 1 rings (SSSR count). The van der Waals surface area contributed by atoms with E-state index in [1.54, 1.807) is 5.57 Å². The standard InChI is InChI=1S/C34H58O/c1-8-11-13-15-17-19-30-20-21-33(35)27-32(25-30)26-31(22-23-34(6,7)28(4)5)24-29(10-3)18-16-14-12-9-2/h20-22,24-25,28,35H,8-19,23,26-27H2,1-7H3/b29-24+,31-22+. The van der Waals surface area contributed by atoms with Crippen molar-refractivity contribution in [1.29, 1.82) is 0 Å². The van der Waals surface area contributed by atoms with Crippen LogP contribution < -0.4 is 0 Å². The third kappa shape index (κ3) is 14.0. The Morgan fingerprint density at radius 1 is 0.943 bits per heavy atom. The van der Waals surface area contributed by atoms with Gasteiger partial charge in [-0.3, -0.25) is 0 Å². The minimum Gasteiger partial charge on any atom is -0.512 e. The van der Waals surface area contributed by atoms with Crippen LogP contribution in [-0.2, 0) is 0 Å². The number of unbranched alkanes of at least 4 members (excludes halogenated alkanes) is 7. The van der Waals surface area contributed by atoms with Gasteiger partial charge in [-0.15, -0.1) is 0 Å². The summed E-state index contributed by atoms with van der Waals surface area (Å²) < 4.78 is 0. The Labute approximate surface area is 219 Å². The lowest BCUT2D eigenvalue weighted by Gasteiger charge is -2.28. The van der Waals surface area contributed by atoms with E-state index in [2.05, 4.69) is 72.8 Å². The van der Waals surface area contributed by atoms with Gasteiger partial charge in [0.25, 0.3) is 0 Å². The van der Waals surface area contributed by atoms with Gasteiger partial charge in [0.15, 0.2) is 0 Å². The summed E-state index contributed by atoms with van der Waals surface area (Å²) >= 11 is 0. The van der Waals surface area contributed by atoms with Crippen LogP contribution in [-0.4, -0.2) is 5.11 Å². The predicted octanol–water partition coefficient (Wildman–Crippen LogP) is 11.7. The summed E-state index contributed by atoms with van der Waals surface area (Å²) in [5.41, 5.74) is 6.03. The largest absolute Gasteiger partial charge is 0.512 e. The first-order valence-electron chi connectivity index (χ1n) is 14.9. The molecule has 0 fully saturated rings. The van der Waals surface area contributed by atoms with E-state index in [0.717, 1.165) is 25.7 Å². The summed E-state index contributed by atoms with van der Waals surface area (Å²) in [7, 11) is 0. The van der Waals surface area contributed by atoms with Crippen LogP contribution in [0.3, 0.4) is 0 Å². The van der Waals surface area contributed by atoms with E-state index >= 15 is 0 Å². The molecule has 0 heterocycles. The average molecular weight is 483 g/mol. The molecule has 200 valence electrons. The van der Waals surface area contributed by atoms with Crippen LogP contribution in [0.4, 0.5) is 0 Å². The maximum Gasteiger partial charge on any atom is 0.0963 e. The highest BCUT2D eigenvalue weighted by Gasteiger charge is 2.21. The minimum atomic E-state index is 0.288. The molecule has 0 bridgehead atoms. The molecule has 0 atom stereocenters. The average Bonchev–Trinajstić information content (AvgIpc) is 2.99. The van der Waals surface area contributed by atoms with E-state index in [-0.39, 0.29) is 5.41 Å². The molecule has 1 aliphatic rings. The van der Waals surface area contributed by atoms with Crippen molar-refractivity contribution in [1.82, 2.24) is 0 Å². The van der Waals surface area contributed by atoms with E-state index in [9.17, 15) is 5.11 Å². The molecule has 0 aliphatic heterocycles. The van der Waals surface area contributed by atoms with Crippen LogP contribution in [0.2, 0.25) is 0 Å². The van der Waals surface area contributed by atoms with E-state index in [1.165, 1.54) is 80.9 Å². The number of hydrogen-bond acceptors (Lipinski definition) is 1. The molecule has 1 nitrogen and oxygen atoms in total. The van der Waals surface area contributed by atoms with Crippen molar-refractivity contribution in [2.45, 2.75) is 145 Å². The highest BCUT2D eigenvalue weighted by Crippen LogP contribution is 2.33. The van der Waals surface area contributed by atoms with E-state index in [4.69, 9.17) is 0 Å². The summed E-state index contributed by atoms with van der Waals surface area (Å²) in [5, 5.41) is 10.5. The Kier molecular flexibility index (Phi) is 16.1. The van der Waals surface area contributed by atoms with Crippen molar-refractivity contribution < 1.29 is 5.11 Å². The van der Waals surface area contributed by atoms with E-state index < -0.39 is 0 Å². The monoisotopic (exact) mass is 482 g/mol. The topological polar surface area (TPSA) is 20.2 Å². The summed E-state index contributed by atoms with van der Waals surface area (Å²) in [6.07, 6.45) is 29.4. The van der Waals surface area contributed by atoms with Crippen molar-refractivity contribution in [3.8, 4) is 0 Å². The lowest BCUT2D eigenvalue weighted by molar-refractivity contribution is 0.253. The second kappa shape index (κ2) is 17.9.